The van der Waals surface area contributed by atoms with E-state index in [0.29, 0.717) is 0 Å². The number of aromatic amines is 2. The molecule has 3 aromatic carbocycles. The highest BCUT2D eigenvalue weighted by Gasteiger charge is 2.19. The van der Waals surface area contributed by atoms with Crippen LogP contribution < -0.4 is 0 Å². The topological polar surface area (TPSA) is 70.2 Å². The van der Waals surface area contributed by atoms with Gasteiger partial charge in [0, 0.05) is 66.5 Å². The largest absolute Gasteiger partial charge is 0.354 e. The van der Waals surface area contributed by atoms with Gasteiger partial charge in [0.2, 0.25) is 0 Å². The molecular formula is C35H21N5. The monoisotopic (exact) mass is 511 g/mol. The second-order valence-corrected chi connectivity index (χ2v) is 10.3. The Morgan fingerprint density at radius 1 is 0.400 bits per heavy atom. The highest BCUT2D eigenvalue weighted by atomic mass is 14.8. The SMILES string of the molecule is c1ccc2c(c1)-c1cc3[nH]c(cc4nc(cc5[nH]c(cc-2n1)c1ccccc51)-c1ncccc1-4)c1ccccc31. The van der Waals surface area contributed by atoms with Crippen LogP contribution in [0.3, 0.4) is 0 Å². The predicted octanol–water partition coefficient (Wildman–Crippen LogP) is 8.68. The molecular weight excluding hydrogens is 490 g/mol. The number of benzene rings is 3. The van der Waals surface area contributed by atoms with Crippen LogP contribution in [-0.4, -0.2) is 24.9 Å². The summed E-state index contributed by atoms with van der Waals surface area (Å²) in [6.07, 6.45) is 1.83. The van der Waals surface area contributed by atoms with Crippen LogP contribution in [0, 0.1) is 0 Å². The summed E-state index contributed by atoms with van der Waals surface area (Å²) in [7, 11) is 0. The van der Waals surface area contributed by atoms with Gasteiger partial charge in [0.15, 0.2) is 0 Å². The van der Waals surface area contributed by atoms with Crippen molar-refractivity contribution in [2.45, 2.75) is 0 Å². The van der Waals surface area contributed by atoms with E-state index < -0.39 is 0 Å². The molecule has 2 aliphatic heterocycles. The third-order valence-corrected chi connectivity index (χ3v) is 7.96. The molecule has 2 N–H and O–H groups in total. The summed E-state index contributed by atoms with van der Waals surface area (Å²) >= 11 is 0. The van der Waals surface area contributed by atoms with Crippen molar-refractivity contribution in [2.24, 2.45) is 0 Å². The maximum atomic E-state index is 5.16. The van der Waals surface area contributed by atoms with Crippen LogP contribution in [0.5, 0.6) is 0 Å². The van der Waals surface area contributed by atoms with Gasteiger partial charge in [-0.25, -0.2) is 9.97 Å². The Hall–Kier alpha value is -5.55. The average molecular weight is 512 g/mol. The number of nitrogens with one attached hydrogen (secondary N) is 2. The van der Waals surface area contributed by atoms with Crippen molar-refractivity contribution in [3.63, 3.8) is 0 Å². The fourth-order valence-electron chi connectivity index (χ4n) is 6.14. The van der Waals surface area contributed by atoms with E-state index >= 15 is 0 Å². The molecule has 0 radical (unpaired) electrons. The Morgan fingerprint density at radius 2 is 0.800 bits per heavy atom. The number of hydrogen-bond acceptors (Lipinski definition) is 3. The third kappa shape index (κ3) is 3.06. The Kier molecular flexibility index (Phi) is 4.27. The van der Waals surface area contributed by atoms with E-state index in [1.54, 1.807) is 0 Å². The Bertz CT molecular complexity index is 2020. The van der Waals surface area contributed by atoms with E-state index in [9.17, 15) is 0 Å². The third-order valence-electron chi connectivity index (χ3n) is 7.96. The number of aromatic nitrogens is 5. The number of rotatable bonds is 0. The molecule has 0 saturated carbocycles. The fraction of sp³-hybridized carbons (Fsp3) is 0. The molecule has 5 heteroatoms. The molecule has 6 heterocycles. The quantitative estimate of drug-likeness (QED) is 0.214. The first kappa shape index (κ1) is 21.4. The first-order valence-electron chi connectivity index (χ1n) is 13.4. The highest BCUT2D eigenvalue weighted by molar-refractivity contribution is 6.10. The standard InChI is InChI=1S/C35H21N5/c1-2-9-21-20(8-1)27-16-29-22-10-3-4-11-23(22)31(38-29)18-33-26-14-7-15-36-35(26)34(40-33)19-32-25-13-6-5-12-24(25)30(39-32)17-28(21)37-27/h1-19,38-39H. The number of hydrogen-bond donors (Lipinski definition) is 2. The first-order valence-corrected chi connectivity index (χ1v) is 13.4. The van der Waals surface area contributed by atoms with E-state index in [2.05, 4.69) is 113 Å². The molecule has 0 aliphatic carbocycles. The van der Waals surface area contributed by atoms with Crippen molar-refractivity contribution in [3.8, 4) is 45.2 Å². The molecule has 0 saturated heterocycles. The van der Waals surface area contributed by atoms with Gasteiger partial charge in [-0.3, -0.25) is 4.98 Å². The molecule has 40 heavy (non-hydrogen) atoms. The van der Waals surface area contributed by atoms with Crippen LogP contribution in [0.25, 0.3) is 88.8 Å². The summed E-state index contributed by atoms with van der Waals surface area (Å²) in [5.74, 6) is 0. The second kappa shape index (κ2) is 7.98. The van der Waals surface area contributed by atoms with Gasteiger partial charge in [-0.1, -0.05) is 72.8 Å². The van der Waals surface area contributed by atoms with E-state index in [1.165, 1.54) is 0 Å². The molecule has 2 aliphatic rings. The average Bonchev–Trinajstić information content (AvgIpc) is 3.73. The van der Waals surface area contributed by atoms with Gasteiger partial charge in [0.1, 0.15) is 0 Å². The summed E-state index contributed by atoms with van der Waals surface area (Å²) in [5.41, 5.74) is 11.8. The normalized spacial score (nSPS) is 12.0. The highest BCUT2D eigenvalue weighted by Crippen LogP contribution is 2.39. The zero-order chi connectivity index (χ0) is 26.2. The zero-order valence-electron chi connectivity index (χ0n) is 21.3. The van der Waals surface area contributed by atoms with Crippen LogP contribution >= 0.6 is 0 Å². The molecule has 0 fully saturated rings. The molecule has 0 spiro atoms. The van der Waals surface area contributed by atoms with Crippen molar-refractivity contribution in [3.05, 3.63) is 115 Å². The van der Waals surface area contributed by atoms with E-state index in [0.717, 1.165) is 88.8 Å². The van der Waals surface area contributed by atoms with Gasteiger partial charge >= 0.3 is 0 Å². The minimum Gasteiger partial charge on any atom is -0.354 e. The maximum Gasteiger partial charge on any atom is 0.0981 e. The van der Waals surface area contributed by atoms with Crippen LogP contribution in [0.1, 0.15) is 0 Å². The van der Waals surface area contributed by atoms with Crippen LogP contribution in [-0.2, 0) is 0 Å². The van der Waals surface area contributed by atoms with Gasteiger partial charge in [-0.05, 0) is 36.4 Å². The Morgan fingerprint density at radius 3 is 1.32 bits per heavy atom. The van der Waals surface area contributed by atoms with Crippen molar-refractivity contribution >= 4 is 43.6 Å². The summed E-state index contributed by atoms with van der Waals surface area (Å²) in [6, 6.07) is 38.0. The molecule has 5 nitrogen and oxygen atoms in total. The summed E-state index contributed by atoms with van der Waals surface area (Å²) in [4.78, 5) is 22.4. The lowest BCUT2D eigenvalue weighted by Gasteiger charge is -1.97. The van der Waals surface area contributed by atoms with E-state index in [1.807, 2.05) is 12.3 Å². The van der Waals surface area contributed by atoms with Crippen molar-refractivity contribution in [1.29, 1.82) is 0 Å². The maximum absolute atomic E-state index is 5.16. The molecule has 0 unspecified atom stereocenters. The van der Waals surface area contributed by atoms with Crippen molar-refractivity contribution in [1.82, 2.24) is 24.9 Å². The molecule has 4 aromatic heterocycles. The van der Waals surface area contributed by atoms with Crippen molar-refractivity contribution < 1.29 is 0 Å². The molecule has 0 amide bonds. The fourth-order valence-corrected chi connectivity index (χ4v) is 6.14. The summed E-state index contributed by atoms with van der Waals surface area (Å²) < 4.78 is 0. The van der Waals surface area contributed by atoms with Gasteiger partial charge in [-0.15, -0.1) is 0 Å². The first-order chi connectivity index (χ1) is 19.8. The minimum atomic E-state index is 0.842. The molecule has 0 atom stereocenters. The van der Waals surface area contributed by atoms with Crippen molar-refractivity contribution in [2.75, 3.05) is 0 Å². The number of H-pyrrole nitrogens is 2. The predicted molar refractivity (Wildman–Crippen MR) is 163 cm³/mol. The van der Waals surface area contributed by atoms with E-state index in [-0.39, 0.29) is 0 Å². The van der Waals surface area contributed by atoms with Gasteiger partial charge in [0.25, 0.3) is 0 Å². The molecule has 9 rings (SSSR count). The lowest BCUT2D eigenvalue weighted by Crippen LogP contribution is -1.80. The van der Waals surface area contributed by atoms with Gasteiger partial charge < -0.3 is 9.97 Å². The van der Waals surface area contributed by atoms with Crippen LogP contribution in [0.4, 0.5) is 0 Å². The smallest absolute Gasteiger partial charge is 0.0981 e. The zero-order valence-corrected chi connectivity index (χ0v) is 21.3. The Balaban J connectivity index is 1.51. The van der Waals surface area contributed by atoms with Gasteiger partial charge in [0.05, 0.1) is 28.5 Å². The number of fused-ring (bicyclic) bond motifs is 20. The molecule has 186 valence electrons. The lowest BCUT2D eigenvalue weighted by atomic mass is 10.0. The van der Waals surface area contributed by atoms with Crippen LogP contribution in [0.2, 0.25) is 0 Å². The Labute approximate surface area is 228 Å². The number of pyridine rings is 1. The lowest BCUT2D eigenvalue weighted by molar-refractivity contribution is 1.33. The van der Waals surface area contributed by atoms with Crippen LogP contribution in [0.15, 0.2) is 115 Å². The summed E-state index contributed by atoms with van der Waals surface area (Å²) in [5, 5.41) is 4.57. The molecule has 7 aromatic rings. The minimum absolute atomic E-state index is 0.842. The second-order valence-electron chi connectivity index (χ2n) is 10.3. The van der Waals surface area contributed by atoms with E-state index in [4.69, 9.17) is 15.0 Å². The van der Waals surface area contributed by atoms with Gasteiger partial charge in [-0.2, -0.15) is 0 Å². The summed E-state index contributed by atoms with van der Waals surface area (Å²) in [6.45, 7) is 0. The number of nitrogens with zero attached hydrogens (tertiary/aromatic N) is 3. The molecule has 8 bridgehead atoms.